The number of likely N-dealkylation sites (N-methyl/N-ethyl adjacent to an activating group) is 4. The lowest BCUT2D eigenvalue weighted by Gasteiger charge is -2.27. The number of amides is 5. The minimum absolute atomic E-state index is 0.0185. The second kappa shape index (κ2) is 13.1. The zero-order valence-corrected chi connectivity index (χ0v) is 24.3. The predicted molar refractivity (Wildman–Crippen MR) is 154 cm³/mol. The number of rotatable bonds is 0. The molecule has 4 heterocycles. The van der Waals surface area contributed by atoms with Crippen LogP contribution in [-0.2, 0) is 18.9 Å². The molecule has 0 spiro atoms. The van der Waals surface area contributed by atoms with Gasteiger partial charge in [0.2, 0.25) is 5.91 Å². The molecule has 0 aromatic carbocycles. The molecule has 0 bridgehead atoms. The largest absolute Gasteiger partial charge is 0.327 e. The van der Waals surface area contributed by atoms with E-state index in [0.717, 1.165) is 25.2 Å². The first-order chi connectivity index (χ1) is 18.9. The summed E-state index contributed by atoms with van der Waals surface area (Å²) in [5.74, 6) is 0.208. The van der Waals surface area contributed by atoms with E-state index in [0.29, 0.717) is 0 Å². The molecule has 0 N–H and O–H groups in total. The highest BCUT2D eigenvalue weighted by atomic mass is 16.2. The lowest BCUT2D eigenvalue weighted by molar-refractivity contribution is -0.133. The fourth-order valence-electron chi connectivity index (χ4n) is 4.60. The molecule has 0 saturated carbocycles. The Morgan fingerprint density at radius 2 is 1.38 bits per heavy atom. The van der Waals surface area contributed by atoms with Crippen LogP contribution in [0.15, 0.2) is 70.5 Å². The number of carbonyl (C=O) groups is 3. The van der Waals surface area contributed by atoms with E-state index in [1.54, 1.807) is 53.1 Å². The highest BCUT2D eigenvalue weighted by molar-refractivity contribution is 5.88. The van der Waals surface area contributed by atoms with E-state index in [1.165, 1.54) is 14.1 Å². The van der Waals surface area contributed by atoms with Gasteiger partial charge in [0.05, 0.1) is 12.0 Å². The van der Waals surface area contributed by atoms with Gasteiger partial charge >= 0.3 is 17.8 Å². The number of hydrogen-bond acceptors (Lipinski definition) is 5. The van der Waals surface area contributed by atoms with Crippen molar-refractivity contribution in [3.8, 4) is 0 Å². The highest BCUT2D eigenvalue weighted by Crippen LogP contribution is 2.28. The maximum absolute atomic E-state index is 11.5. The predicted octanol–water partition coefficient (Wildman–Crippen LogP) is 1.71. The van der Waals surface area contributed by atoms with Gasteiger partial charge in [0, 0.05) is 92.6 Å². The summed E-state index contributed by atoms with van der Waals surface area (Å²) in [6.45, 7) is 1.74. The molecule has 5 aliphatic rings. The van der Waals surface area contributed by atoms with E-state index in [1.807, 2.05) is 70.9 Å². The normalized spacial score (nSPS) is 24.1. The molecule has 2 saturated heterocycles. The maximum Gasteiger partial charge on any atom is 0.327 e. The highest BCUT2D eigenvalue weighted by Gasteiger charge is 2.36. The number of aromatic nitrogens is 2. The fourth-order valence-corrected chi connectivity index (χ4v) is 4.60. The van der Waals surface area contributed by atoms with Gasteiger partial charge in [-0.05, 0) is 12.5 Å². The first kappa shape index (κ1) is 30.2. The Kier molecular flexibility index (Phi) is 9.92. The van der Waals surface area contributed by atoms with Gasteiger partial charge in [0.1, 0.15) is 0 Å². The number of allylic oxidation sites excluding steroid dienone is 5. The van der Waals surface area contributed by atoms with Crippen LogP contribution in [0.1, 0.15) is 6.42 Å². The summed E-state index contributed by atoms with van der Waals surface area (Å²) in [6, 6.07) is 0.493. The monoisotopic (exact) mass is 552 g/mol. The van der Waals surface area contributed by atoms with Crippen molar-refractivity contribution < 1.29 is 14.4 Å². The van der Waals surface area contributed by atoms with Crippen molar-refractivity contribution in [2.24, 2.45) is 31.0 Å². The van der Waals surface area contributed by atoms with Crippen molar-refractivity contribution in [1.29, 1.82) is 0 Å². The lowest BCUT2D eigenvalue weighted by atomic mass is 9.88. The third-order valence-electron chi connectivity index (χ3n) is 7.28. The van der Waals surface area contributed by atoms with E-state index in [4.69, 9.17) is 0 Å². The quantitative estimate of drug-likeness (QED) is 0.488. The average Bonchev–Trinajstić information content (AvgIpc) is 3.51. The molecule has 40 heavy (non-hydrogen) atoms. The van der Waals surface area contributed by atoms with Gasteiger partial charge in [-0.25, -0.2) is 19.4 Å². The Morgan fingerprint density at radius 1 is 0.775 bits per heavy atom. The SMILES string of the molecule is CN1C(=O)N(C)C2CC=CC=C21.CN1CCN(C)C1=O.CN1N=CC2C=CC=CC2C1=O.Cn1ccn(C)c1=O. The van der Waals surface area contributed by atoms with Crippen molar-refractivity contribution in [3.05, 3.63) is 71.1 Å². The first-order valence-electron chi connectivity index (χ1n) is 13.1. The third kappa shape index (κ3) is 6.80. The fraction of sp³-hybridized carbons (Fsp3) is 0.464. The summed E-state index contributed by atoms with van der Waals surface area (Å²) in [5.41, 5.74) is 1.13. The van der Waals surface area contributed by atoms with E-state index >= 15 is 0 Å². The van der Waals surface area contributed by atoms with Crippen molar-refractivity contribution in [2.75, 3.05) is 48.3 Å². The number of imidazole rings is 1. The van der Waals surface area contributed by atoms with Crippen molar-refractivity contribution >= 4 is 24.2 Å². The number of hydrogen-bond donors (Lipinski definition) is 0. The Hall–Kier alpha value is -4.35. The van der Waals surface area contributed by atoms with Gasteiger partial charge in [-0.15, -0.1) is 0 Å². The molecule has 2 fully saturated rings. The zero-order valence-electron chi connectivity index (χ0n) is 24.3. The van der Waals surface area contributed by atoms with Crippen LogP contribution >= 0.6 is 0 Å². The third-order valence-corrected chi connectivity index (χ3v) is 7.28. The molecule has 6 rings (SSSR count). The van der Waals surface area contributed by atoms with E-state index in [-0.39, 0.29) is 41.5 Å². The topological polar surface area (TPSA) is 107 Å². The molecule has 3 aliphatic heterocycles. The molecule has 3 unspecified atom stereocenters. The number of aryl methyl sites for hydroxylation is 2. The molecule has 3 atom stereocenters. The van der Waals surface area contributed by atoms with Gasteiger partial charge in [-0.3, -0.25) is 9.69 Å². The summed E-state index contributed by atoms with van der Waals surface area (Å²) in [5, 5.41) is 5.36. The van der Waals surface area contributed by atoms with E-state index in [9.17, 15) is 19.2 Å². The Morgan fingerprint density at radius 3 is 1.88 bits per heavy atom. The van der Waals surface area contributed by atoms with Crippen LogP contribution in [0.5, 0.6) is 0 Å². The molecule has 5 amide bonds. The van der Waals surface area contributed by atoms with Gasteiger partial charge in [0.25, 0.3) is 0 Å². The first-order valence-corrected chi connectivity index (χ1v) is 13.1. The molecule has 2 aliphatic carbocycles. The molecular weight excluding hydrogens is 512 g/mol. The molecule has 1 aromatic heterocycles. The molecule has 12 nitrogen and oxygen atoms in total. The van der Waals surface area contributed by atoms with Crippen molar-refractivity contribution in [2.45, 2.75) is 12.5 Å². The Balaban J connectivity index is 0.000000150. The van der Waals surface area contributed by atoms with Crippen LogP contribution in [0.3, 0.4) is 0 Å². The summed E-state index contributed by atoms with van der Waals surface area (Å²) in [7, 11) is 12.4. The van der Waals surface area contributed by atoms with Gasteiger partial charge in [-0.1, -0.05) is 36.5 Å². The van der Waals surface area contributed by atoms with Crippen LogP contribution < -0.4 is 5.69 Å². The van der Waals surface area contributed by atoms with Crippen molar-refractivity contribution in [1.82, 2.24) is 33.7 Å². The van der Waals surface area contributed by atoms with Gasteiger partial charge in [0.15, 0.2) is 0 Å². The van der Waals surface area contributed by atoms with Crippen LogP contribution in [0.2, 0.25) is 0 Å². The Labute approximate surface area is 235 Å². The lowest BCUT2D eigenvalue weighted by Crippen LogP contribution is -2.37. The number of carbonyl (C=O) groups excluding carboxylic acids is 3. The van der Waals surface area contributed by atoms with Crippen LogP contribution in [0.25, 0.3) is 0 Å². The minimum atomic E-state index is -0.0301. The van der Waals surface area contributed by atoms with Gasteiger partial charge < -0.3 is 23.8 Å². The average molecular weight is 553 g/mol. The van der Waals surface area contributed by atoms with Crippen LogP contribution in [0.4, 0.5) is 9.59 Å². The summed E-state index contributed by atoms with van der Waals surface area (Å²) < 4.78 is 3.06. The van der Waals surface area contributed by atoms with Crippen LogP contribution in [0, 0.1) is 11.8 Å². The zero-order chi connectivity index (χ0) is 29.6. The summed E-state index contributed by atoms with van der Waals surface area (Å²) in [6.07, 6.45) is 20.1. The summed E-state index contributed by atoms with van der Waals surface area (Å²) in [4.78, 5) is 51.3. The van der Waals surface area contributed by atoms with E-state index in [2.05, 4.69) is 11.2 Å². The number of nitrogens with zero attached hydrogens (tertiary/aromatic N) is 8. The van der Waals surface area contributed by atoms with Crippen LogP contribution in [-0.4, -0.2) is 112 Å². The number of hydrazone groups is 1. The molecule has 216 valence electrons. The van der Waals surface area contributed by atoms with Crippen molar-refractivity contribution in [3.63, 3.8) is 0 Å². The molecule has 0 radical (unpaired) electrons. The second-order valence-electron chi connectivity index (χ2n) is 10.2. The number of fused-ring (bicyclic) bond motifs is 2. The minimum Gasteiger partial charge on any atom is -0.326 e. The number of urea groups is 2. The second-order valence-corrected chi connectivity index (χ2v) is 10.2. The van der Waals surface area contributed by atoms with E-state index < -0.39 is 0 Å². The van der Waals surface area contributed by atoms with Gasteiger partial charge in [-0.2, -0.15) is 5.10 Å². The Bertz CT molecular complexity index is 1270. The smallest absolute Gasteiger partial charge is 0.326 e. The summed E-state index contributed by atoms with van der Waals surface area (Å²) >= 11 is 0. The molecule has 12 heteroatoms. The molecular formula is C28H40N8O4. The maximum atomic E-state index is 11.5. The standard InChI is InChI=1S/C9H12N2O.C9H10N2O.C5H10N2O.C5H8N2O/c1-10-7-5-3-4-6-8(7)11(2)9(10)12;1-11-9(12)8-5-3-2-4-7(8)6-10-11;2*1-6-3-4-7(2)5(6)8/h3-5,8H,6H2,1-2H3;2-8H,1H3;3-4H2,1-2H3;3-4H,1-2H3. The molecule has 1 aromatic rings.